The van der Waals surface area contributed by atoms with E-state index in [1.165, 1.54) is 142 Å². The van der Waals surface area contributed by atoms with Crippen LogP contribution in [0.5, 0.6) is 0 Å². The van der Waals surface area contributed by atoms with E-state index in [0.29, 0.717) is 0 Å². The van der Waals surface area contributed by atoms with Crippen LogP contribution in [0, 0.1) is 0 Å². The van der Waals surface area contributed by atoms with E-state index in [4.69, 9.17) is 24.4 Å². The molecule has 0 radical (unpaired) electrons. The Morgan fingerprint density at radius 3 is 0.969 bits per heavy atom. The third-order valence-electron chi connectivity index (χ3n) is 27.2. The van der Waals surface area contributed by atoms with Crippen molar-refractivity contribution in [2.75, 3.05) is 0 Å². The molecule has 0 spiro atoms. The van der Waals surface area contributed by atoms with Gasteiger partial charge in [-0.2, -0.15) is 0 Å². The molecule has 28 aromatic rings. The molecule has 0 bridgehead atoms. The van der Waals surface area contributed by atoms with Crippen LogP contribution in [0.1, 0.15) is 0 Å². The number of rotatable bonds is 8. The lowest BCUT2D eigenvalue weighted by molar-refractivity contribution is 0.669. The van der Waals surface area contributed by atoms with Gasteiger partial charge in [0, 0.05) is 98.9 Å². The maximum atomic E-state index is 6.34. The summed E-state index contributed by atoms with van der Waals surface area (Å²) in [6.45, 7) is 0. The number of furan rings is 1. The topological polar surface area (TPSA) is 84.4 Å². The Morgan fingerprint density at radius 1 is 0.163 bits per heavy atom. The number of nitrogens with zero attached hydrogens (tertiary/aromatic N) is 8. The van der Waals surface area contributed by atoms with Gasteiger partial charge in [0.1, 0.15) is 11.2 Å². The molecule has 0 unspecified atom stereocenters. The average molecular weight is 1640 g/mol. The molecule has 0 N–H and O–H groups in total. The van der Waals surface area contributed by atoms with Gasteiger partial charge < -0.3 is 22.7 Å². The highest BCUT2D eigenvalue weighted by molar-refractivity contribution is 6.21. The van der Waals surface area contributed by atoms with Crippen molar-refractivity contribution in [2.45, 2.75) is 0 Å². The minimum absolute atomic E-state index is 0.820. The van der Waals surface area contributed by atoms with Crippen LogP contribution in [0.25, 0.3) is 275 Å². The molecule has 29 rings (SSSR count). The van der Waals surface area contributed by atoms with Crippen molar-refractivity contribution < 1.29 is 4.42 Å². The van der Waals surface area contributed by atoms with Gasteiger partial charge in [-0.3, -0.25) is 0 Å². The van der Waals surface area contributed by atoms with Gasteiger partial charge in [-0.15, -0.1) is 0 Å². The second-order valence-electron chi connectivity index (χ2n) is 34.3. The molecule has 1 aliphatic carbocycles. The Morgan fingerprint density at radius 2 is 0.473 bits per heavy atom. The van der Waals surface area contributed by atoms with E-state index in [2.05, 4.69) is 394 Å². The summed E-state index contributed by atoms with van der Waals surface area (Å²) in [5.41, 5.74) is 31.9. The van der Waals surface area contributed by atoms with Gasteiger partial charge in [0.25, 0.3) is 0 Å². The van der Waals surface area contributed by atoms with Gasteiger partial charge in [-0.1, -0.05) is 261 Å². The molecule has 0 fully saturated rings. The molecule has 9 nitrogen and oxygen atoms in total. The molecule has 7 heterocycles. The zero-order chi connectivity index (χ0) is 84.2. The predicted octanol–water partition coefficient (Wildman–Crippen LogP) is 31.6. The second kappa shape index (κ2) is 27.5. The Balaban J connectivity index is 0.000000130. The van der Waals surface area contributed by atoms with E-state index in [0.717, 1.165) is 133 Å². The van der Waals surface area contributed by atoms with E-state index in [1.807, 2.05) is 48.5 Å². The molecule has 0 saturated carbocycles. The first-order valence-corrected chi connectivity index (χ1v) is 44.0. The van der Waals surface area contributed by atoms with Gasteiger partial charge in [0.2, 0.25) is 0 Å². The maximum absolute atomic E-state index is 6.34. The minimum Gasteiger partial charge on any atom is -0.456 e. The molecule has 0 atom stereocenters. The standard InChI is InChI=1S/C62H36N4.C58H34N4O/c1-2-13-45-44(12-1)49-17-11-18-50-52(31-30-51(45)60(49)50)62-61(63-54-19-6-7-20-55(54)64-62)40-25-24-38-33-42(28-26-37(38)32-40)66-58-23-10-5-16-48(58)53-35-39-27-29-43(34-41(39)36-59(53)66)65-56-21-8-3-14-46(56)47-15-4-9-22-57(47)65;1-7-17-51-43(11-1)44-12-2-8-18-52(44)61(51)41-27-24-36-32-48-45-13-3-9-19-53(45)62(54(48)33-40(36)31-41)42-26-23-35-21-22-37(29-39(35)30-42)57-58(60-50-16-6-5-15-49(50)59-57)38-25-28-47-46-14-4-10-20-55(46)63-56(47)34-38/h1-36H;1-34H. The van der Waals surface area contributed by atoms with Crippen LogP contribution < -0.4 is 0 Å². The summed E-state index contributed by atoms with van der Waals surface area (Å²) in [5, 5.41) is 24.1. The van der Waals surface area contributed by atoms with Crippen molar-refractivity contribution in [1.29, 1.82) is 0 Å². The number of hydrogen-bond acceptors (Lipinski definition) is 5. The fourth-order valence-electron chi connectivity index (χ4n) is 21.4. The number of benzene rings is 21. The first-order chi connectivity index (χ1) is 63.9. The SMILES string of the molecule is c1ccc2c(c1)-c1cccc3c(-c4nc5ccccc5nc4-c4ccc5cc(-n6c7ccccc7c7cc8ccc(-n9c%10ccccc%10c%10ccccc%109)cc8cc76)ccc5c4)ccc-2c13.c1ccc2nc(-c3ccc4c(c3)oc3ccccc34)c(-c3ccc4ccc(-n5c6ccccc6c6cc7ccc(-n8c9ccccc9c9ccccc98)cc7cc65)cc4c3)nc2c1. The summed E-state index contributed by atoms with van der Waals surface area (Å²) in [4.78, 5) is 21.3. The van der Waals surface area contributed by atoms with Gasteiger partial charge >= 0.3 is 0 Å². The normalized spacial score (nSPS) is 12.2. The lowest BCUT2D eigenvalue weighted by atomic mass is 9.94. The van der Waals surface area contributed by atoms with Gasteiger partial charge in [-0.05, 0) is 240 Å². The third kappa shape index (κ3) is 10.9. The Kier molecular flexibility index (Phi) is 15.2. The van der Waals surface area contributed by atoms with Gasteiger partial charge in [0.05, 0.1) is 89.0 Å². The number of hydrogen-bond donors (Lipinski definition) is 0. The highest BCUT2D eigenvalue weighted by Gasteiger charge is 2.27. The first kappa shape index (κ1) is 71.1. The Labute approximate surface area is 737 Å². The molecular weight excluding hydrogens is 1570 g/mol. The van der Waals surface area contributed by atoms with E-state index < -0.39 is 0 Å². The summed E-state index contributed by atoms with van der Waals surface area (Å²) < 4.78 is 16.0. The van der Waals surface area contributed by atoms with Crippen LogP contribution in [0.3, 0.4) is 0 Å². The molecule has 129 heavy (non-hydrogen) atoms. The molecule has 0 amide bonds. The highest BCUT2D eigenvalue weighted by Crippen LogP contribution is 2.51. The Bertz CT molecular complexity index is 9620. The lowest BCUT2D eigenvalue weighted by Gasteiger charge is -2.15. The van der Waals surface area contributed by atoms with Crippen LogP contribution in [0.4, 0.5) is 0 Å². The van der Waals surface area contributed by atoms with Crippen LogP contribution in [-0.4, -0.2) is 38.2 Å². The third-order valence-corrected chi connectivity index (χ3v) is 27.2. The molecular formula is C120H70N8O. The van der Waals surface area contributed by atoms with E-state index >= 15 is 0 Å². The largest absolute Gasteiger partial charge is 0.456 e. The zero-order valence-electron chi connectivity index (χ0n) is 69.4. The zero-order valence-corrected chi connectivity index (χ0v) is 69.4. The Hall–Kier alpha value is -17.4. The fourth-order valence-corrected chi connectivity index (χ4v) is 21.4. The van der Waals surface area contributed by atoms with Crippen molar-refractivity contribution in [3.63, 3.8) is 0 Å². The molecule has 7 aromatic heterocycles. The fraction of sp³-hybridized carbons (Fsp3) is 0. The first-order valence-electron chi connectivity index (χ1n) is 44.0. The summed E-state index contributed by atoms with van der Waals surface area (Å²) in [5.74, 6) is 0. The van der Waals surface area contributed by atoms with Crippen molar-refractivity contribution >= 4 is 185 Å². The van der Waals surface area contributed by atoms with E-state index in [-0.39, 0.29) is 0 Å². The van der Waals surface area contributed by atoms with Gasteiger partial charge in [0.15, 0.2) is 0 Å². The maximum Gasteiger partial charge on any atom is 0.136 e. The van der Waals surface area contributed by atoms with Crippen molar-refractivity contribution in [3.8, 4) is 90.0 Å². The molecule has 21 aromatic carbocycles. The summed E-state index contributed by atoms with van der Waals surface area (Å²) in [6.07, 6.45) is 0. The van der Waals surface area contributed by atoms with Crippen LogP contribution in [0.2, 0.25) is 0 Å². The molecule has 9 heteroatoms. The molecule has 0 saturated heterocycles. The monoisotopic (exact) mass is 1640 g/mol. The van der Waals surface area contributed by atoms with E-state index in [9.17, 15) is 0 Å². The second-order valence-corrected chi connectivity index (χ2v) is 34.3. The number of fused-ring (bicyclic) bond motifs is 24. The molecule has 1 aliphatic rings. The summed E-state index contributed by atoms with van der Waals surface area (Å²) >= 11 is 0. The quantitative estimate of drug-likeness (QED) is 0.151. The van der Waals surface area contributed by atoms with E-state index in [1.54, 1.807) is 0 Å². The lowest BCUT2D eigenvalue weighted by Crippen LogP contribution is -1.97. The van der Waals surface area contributed by atoms with Crippen LogP contribution in [0.15, 0.2) is 429 Å². The molecule has 0 aliphatic heterocycles. The van der Waals surface area contributed by atoms with Crippen molar-refractivity contribution in [2.24, 2.45) is 0 Å². The smallest absolute Gasteiger partial charge is 0.136 e. The summed E-state index contributed by atoms with van der Waals surface area (Å²) in [6, 6.07) is 154. The average Bonchev–Trinajstić information content (AvgIpc) is 1.58. The number of aromatic nitrogens is 8. The van der Waals surface area contributed by atoms with Crippen molar-refractivity contribution in [1.82, 2.24) is 38.2 Å². The summed E-state index contributed by atoms with van der Waals surface area (Å²) in [7, 11) is 0. The number of para-hydroxylation sites is 11. The molecule has 596 valence electrons. The minimum atomic E-state index is 0.820. The van der Waals surface area contributed by atoms with Gasteiger partial charge in [-0.25, -0.2) is 19.9 Å². The van der Waals surface area contributed by atoms with Crippen LogP contribution >= 0.6 is 0 Å². The van der Waals surface area contributed by atoms with Crippen LogP contribution in [-0.2, 0) is 0 Å². The highest BCUT2D eigenvalue weighted by atomic mass is 16.3. The predicted molar refractivity (Wildman–Crippen MR) is 537 cm³/mol. The van der Waals surface area contributed by atoms with Crippen molar-refractivity contribution in [3.05, 3.63) is 425 Å².